The van der Waals surface area contributed by atoms with E-state index in [2.05, 4.69) is 39.2 Å². The van der Waals surface area contributed by atoms with E-state index < -0.39 is 0 Å². The quantitative estimate of drug-likeness (QED) is 0.653. The predicted octanol–water partition coefficient (Wildman–Crippen LogP) is 0.309. The number of hydrogen-bond donors (Lipinski definition) is 2. The maximum atomic E-state index is 10.9. The molecule has 6 nitrogen and oxygen atoms in total. The van der Waals surface area contributed by atoms with Gasteiger partial charge in [0.2, 0.25) is 5.95 Å². The van der Waals surface area contributed by atoms with Crippen molar-refractivity contribution < 1.29 is 0 Å². The van der Waals surface area contributed by atoms with Crippen LogP contribution < -0.4 is 10.9 Å². The Bertz CT molecular complexity index is 347. The average Bonchev–Trinajstić information content (AvgIpc) is 2.29. The molecule has 0 aliphatic heterocycles. The molecule has 0 unspecified atom stereocenters. The number of aromatic nitrogens is 3. The molecule has 0 aliphatic carbocycles. The highest BCUT2D eigenvalue weighted by Gasteiger charge is 1.99. The molecule has 0 saturated carbocycles. The van der Waals surface area contributed by atoms with Crippen molar-refractivity contribution in [3.8, 4) is 0 Å². The third-order valence-corrected chi connectivity index (χ3v) is 2.41. The van der Waals surface area contributed by atoms with Gasteiger partial charge >= 0.3 is 0 Å². The lowest BCUT2D eigenvalue weighted by molar-refractivity contribution is 0.303. The molecule has 1 heterocycles. The summed E-state index contributed by atoms with van der Waals surface area (Å²) in [5.41, 5.74) is -0.235. The van der Waals surface area contributed by atoms with Gasteiger partial charge in [0.1, 0.15) is 6.20 Å². The van der Waals surface area contributed by atoms with Crippen molar-refractivity contribution >= 4 is 5.95 Å². The van der Waals surface area contributed by atoms with Gasteiger partial charge in [0.15, 0.2) is 0 Å². The molecule has 0 saturated heterocycles. The fourth-order valence-corrected chi connectivity index (χ4v) is 1.44. The van der Waals surface area contributed by atoms with Gasteiger partial charge < -0.3 is 10.2 Å². The van der Waals surface area contributed by atoms with Crippen LogP contribution in [-0.2, 0) is 0 Å². The highest BCUT2D eigenvalue weighted by atomic mass is 16.1. The number of H-pyrrole nitrogens is 1. The molecule has 0 amide bonds. The Kier molecular flexibility index (Phi) is 5.49. The number of nitrogens with zero attached hydrogens (tertiary/aromatic N) is 3. The largest absolute Gasteiger partial charge is 0.354 e. The van der Waals surface area contributed by atoms with Crippen LogP contribution in [-0.4, -0.2) is 46.3 Å². The first kappa shape index (κ1) is 12.6. The maximum Gasteiger partial charge on any atom is 0.271 e. The first-order chi connectivity index (χ1) is 7.76. The number of hydrogen-bond acceptors (Lipinski definition) is 5. The number of aromatic amines is 1. The molecule has 1 aromatic rings. The molecule has 0 fully saturated rings. The summed E-state index contributed by atoms with van der Waals surface area (Å²) in [6.07, 6.45) is 2.17. The van der Waals surface area contributed by atoms with E-state index in [1.807, 2.05) is 0 Å². The Labute approximate surface area is 95.1 Å². The fourth-order valence-electron chi connectivity index (χ4n) is 1.44. The predicted molar refractivity (Wildman–Crippen MR) is 63.5 cm³/mol. The Morgan fingerprint density at radius 1 is 1.44 bits per heavy atom. The van der Waals surface area contributed by atoms with Crippen LogP contribution in [0.3, 0.4) is 0 Å². The van der Waals surface area contributed by atoms with Crippen molar-refractivity contribution in [1.82, 2.24) is 20.1 Å². The third kappa shape index (κ3) is 4.39. The summed E-state index contributed by atoms with van der Waals surface area (Å²) >= 11 is 0. The van der Waals surface area contributed by atoms with Gasteiger partial charge in [-0.25, -0.2) is 0 Å². The van der Waals surface area contributed by atoms with Gasteiger partial charge in [-0.1, -0.05) is 13.8 Å². The van der Waals surface area contributed by atoms with Crippen molar-refractivity contribution in [2.75, 3.05) is 31.5 Å². The van der Waals surface area contributed by atoms with E-state index in [1.54, 1.807) is 0 Å². The lowest BCUT2D eigenvalue weighted by Gasteiger charge is -2.17. The van der Waals surface area contributed by atoms with Crippen LogP contribution in [0.2, 0.25) is 0 Å². The van der Waals surface area contributed by atoms with Gasteiger partial charge in [0.05, 0.1) is 0 Å². The van der Waals surface area contributed by atoms with E-state index >= 15 is 0 Å². The van der Waals surface area contributed by atoms with E-state index in [1.165, 1.54) is 0 Å². The molecule has 0 atom stereocenters. The Hall–Kier alpha value is -1.43. The van der Waals surface area contributed by atoms with Crippen molar-refractivity contribution in [2.24, 2.45) is 0 Å². The van der Waals surface area contributed by atoms with Crippen LogP contribution in [0.1, 0.15) is 20.3 Å². The molecule has 90 valence electrons. The molecular weight excluding hydrogens is 206 g/mol. The van der Waals surface area contributed by atoms with E-state index in [0.29, 0.717) is 5.95 Å². The Morgan fingerprint density at radius 3 is 2.81 bits per heavy atom. The second kappa shape index (κ2) is 6.95. The van der Waals surface area contributed by atoms with Gasteiger partial charge in [0.25, 0.3) is 5.56 Å². The molecule has 2 N–H and O–H groups in total. The van der Waals surface area contributed by atoms with E-state index in [-0.39, 0.29) is 5.56 Å². The third-order valence-electron chi connectivity index (χ3n) is 2.41. The highest BCUT2D eigenvalue weighted by molar-refractivity contribution is 5.19. The number of anilines is 1. The zero-order chi connectivity index (χ0) is 11.8. The van der Waals surface area contributed by atoms with Crippen LogP contribution in [0.4, 0.5) is 5.95 Å². The first-order valence-corrected chi connectivity index (χ1v) is 5.64. The summed E-state index contributed by atoms with van der Waals surface area (Å²) in [4.78, 5) is 15.8. The average molecular weight is 225 g/mol. The van der Waals surface area contributed by atoms with E-state index in [4.69, 9.17) is 0 Å². The standard InChI is InChI=1S/C10H19N5O/c1-3-15(4-2)7-5-6-11-10-13-9(16)8-12-14-10/h8H,3-7H2,1-2H3,(H2,11,13,14,16). The Morgan fingerprint density at radius 2 is 2.19 bits per heavy atom. The van der Waals surface area contributed by atoms with Gasteiger partial charge in [0, 0.05) is 6.54 Å². The molecule has 0 radical (unpaired) electrons. The van der Waals surface area contributed by atoms with Crippen LogP contribution >= 0.6 is 0 Å². The zero-order valence-electron chi connectivity index (χ0n) is 9.86. The smallest absolute Gasteiger partial charge is 0.271 e. The monoisotopic (exact) mass is 225 g/mol. The van der Waals surface area contributed by atoms with Crippen molar-refractivity contribution in [3.05, 3.63) is 16.6 Å². The molecular formula is C10H19N5O. The van der Waals surface area contributed by atoms with Gasteiger partial charge in [-0.3, -0.25) is 9.78 Å². The van der Waals surface area contributed by atoms with Crippen molar-refractivity contribution in [1.29, 1.82) is 0 Å². The summed E-state index contributed by atoms with van der Waals surface area (Å²) < 4.78 is 0. The van der Waals surface area contributed by atoms with Crippen molar-refractivity contribution in [2.45, 2.75) is 20.3 Å². The van der Waals surface area contributed by atoms with Gasteiger partial charge in [-0.15, -0.1) is 10.2 Å². The molecule has 16 heavy (non-hydrogen) atoms. The molecule has 0 aliphatic rings. The minimum absolute atomic E-state index is 0.235. The normalized spacial score (nSPS) is 10.7. The summed E-state index contributed by atoms with van der Waals surface area (Å²) in [6.45, 7) is 8.26. The van der Waals surface area contributed by atoms with Crippen LogP contribution in [0, 0.1) is 0 Å². The van der Waals surface area contributed by atoms with Gasteiger partial charge in [-0.2, -0.15) is 0 Å². The van der Waals surface area contributed by atoms with Gasteiger partial charge in [-0.05, 0) is 26.1 Å². The lowest BCUT2D eigenvalue weighted by Crippen LogP contribution is -2.25. The number of rotatable bonds is 7. The molecule has 0 bridgehead atoms. The summed E-state index contributed by atoms with van der Waals surface area (Å²) in [7, 11) is 0. The topological polar surface area (TPSA) is 73.9 Å². The maximum absolute atomic E-state index is 10.9. The molecule has 6 heteroatoms. The summed E-state index contributed by atoms with van der Waals surface area (Å²) in [5.74, 6) is 0.437. The summed E-state index contributed by atoms with van der Waals surface area (Å²) in [6, 6.07) is 0. The second-order valence-corrected chi connectivity index (χ2v) is 3.49. The highest BCUT2D eigenvalue weighted by Crippen LogP contribution is 1.93. The summed E-state index contributed by atoms with van der Waals surface area (Å²) in [5, 5.41) is 10.4. The molecule has 0 aromatic carbocycles. The number of nitrogens with one attached hydrogen (secondary N) is 2. The molecule has 1 aromatic heterocycles. The van der Waals surface area contributed by atoms with Crippen molar-refractivity contribution in [3.63, 3.8) is 0 Å². The fraction of sp³-hybridized carbons (Fsp3) is 0.700. The van der Waals surface area contributed by atoms with Crippen LogP contribution in [0.15, 0.2) is 11.0 Å². The van der Waals surface area contributed by atoms with E-state index in [9.17, 15) is 4.79 Å². The molecule has 0 spiro atoms. The van der Waals surface area contributed by atoms with E-state index in [0.717, 1.165) is 38.8 Å². The van der Waals surface area contributed by atoms with Crippen LogP contribution in [0.25, 0.3) is 0 Å². The second-order valence-electron chi connectivity index (χ2n) is 3.49. The minimum atomic E-state index is -0.235. The first-order valence-electron chi connectivity index (χ1n) is 5.64. The Balaban J connectivity index is 2.23. The lowest BCUT2D eigenvalue weighted by atomic mass is 10.3. The SMILES string of the molecule is CCN(CC)CCCNc1nncc(=O)[nH]1. The minimum Gasteiger partial charge on any atom is -0.354 e. The molecule has 1 rings (SSSR count). The van der Waals surface area contributed by atoms with Crippen LogP contribution in [0.5, 0.6) is 0 Å². The zero-order valence-corrected chi connectivity index (χ0v) is 9.86.